The minimum atomic E-state index is 0.256. The van der Waals surface area contributed by atoms with E-state index in [0.29, 0.717) is 24.2 Å². The number of nitrogens with one attached hydrogen (secondary N) is 1. The van der Waals surface area contributed by atoms with Gasteiger partial charge in [0.25, 0.3) is 0 Å². The number of hydrogen-bond acceptors (Lipinski definition) is 2. The Morgan fingerprint density at radius 1 is 1.32 bits per heavy atom. The highest BCUT2D eigenvalue weighted by atomic mass is 16.2. The molecule has 0 aromatic heterocycles. The van der Waals surface area contributed by atoms with Crippen LogP contribution in [-0.2, 0) is 11.2 Å². The normalized spacial score (nSPS) is 39.8. The van der Waals surface area contributed by atoms with E-state index in [1.54, 1.807) is 6.92 Å². The number of piperidine rings is 1. The van der Waals surface area contributed by atoms with Gasteiger partial charge in [-0.25, -0.2) is 0 Å². The first kappa shape index (κ1) is 14.3. The van der Waals surface area contributed by atoms with Crippen LogP contribution in [0.1, 0.15) is 45.1 Å². The number of amides is 1. The van der Waals surface area contributed by atoms with Crippen LogP contribution in [0.5, 0.6) is 0 Å². The second-order valence-electron chi connectivity index (χ2n) is 7.67. The van der Waals surface area contributed by atoms with Crippen LogP contribution in [0.3, 0.4) is 0 Å². The van der Waals surface area contributed by atoms with E-state index < -0.39 is 0 Å². The number of fused-ring (bicyclic) bond motifs is 1. The summed E-state index contributed by atoms with van der Waals surface area (Å²) in [4.78, 5) is 14.7. The summed E-state index contributed by atoms with van der Waals surface area (Å²) >= 11 is 0. The molecule has 118 valence electrons. The molecule has 2 heterocycles. The molecule has 3 aliphatic rings. The Hall–Kier alpha value is -1.35. The third-order valence-corrected chi connectivity index (χ3v) is 6.41. The zero-order valence-electron chi connectivity index (χ0n) is 13.6. The van der Waals surface area contributed by atoms with Crippen molar-refractivity contribution in [3.05, 3.63) is 35.9 Å². The highest BCUT2D eigenvalue weighted by Gasteiger charge is 2.59. The van der Waals surface area contributed by atoms with E-state index in [-0.39, 0.29) is 11.3 Å². The van der Waals surface area contributed by atoms with Gasteiger partial charge in [0.1, 0.15) is 0 Å². The summed E-state index contributed by atoms with van der Waals surface area (Å²) in [5.74, 6) is 0.256. The average molecular weight is 298 g/mol. The fourth-order valence-electron chi connectivity index (χ4n) is 5.43. The molecule has 0 unspecified atom stereocenters. The maximum atomic E-state index is 12.5. The van der Waals surface area contributed by atoms with Gasteiger partial charge in [-0.05, 0) is 37.7 Å². The third-order valence-electron chi connectivity index (χ3n) is 6.41. The molecule has 1 aromatic carbocycles. The maximum Gasteiger partial charge on any atom is 0.220 e. The molecular weight excluding hydrogens is 272 g/mol. The Balaban J connectivity index is 1.69. The van der Waals surface area contributed by atoms with E-state index >= 15 is 0 Å². The standard InChI is InChI=1S/C19H26N2O/c1-13(22)21-16(11-14-7-4-3-5-8-14)15-12-19(2)17(20-15)9-6-10-18(19)21/h3-5,7-8,15-18,20H,6,9-12H2,1-2H3/t15-,16+,17-,18+,19-/m0/s1. The van der Waals surface area contributed by atoms with Crippen LogP contribution in [0.15, 0.2) is 30.3 Å². The van der Waals surface area contributed by atoms with Gasteiger partial charge in [-0.15, -0.1) is 0 Å². The Kier molecular flexibility index (Phi) is 3.30. The van der Waals surface area contributed by atoms with Crippen LogP contribution in [-0.4, -0.2) is 35.0 Å². The van der Waals surface area contributed by atoms with E-state index in [2.05, 4.69) is 47.5 Å². The smallest absolute Gasteiger partial charge is 0.220 e. The Morgan fingerprint density at radius 3 is 2.82 bits per heavy atom. The first-order chi connectivity index (χ1) is 10.6. The van der Waals surface area contributed by atoms with E-state index in [4.69, 9.17) is 0 Å². The van der Waals surface area contributed by atoms with E-state index in [0.717, 1.165) is 6.42 Å². The molecule has 5 atom stereocenters. The van der Waals surface area contributed by atoms with Gasteiger partial charge in [-0.3, -0.25) is 4.79 Å². The van der Waals surface area contributed by atoms with Crippen molar-refractivity contribution in [2.45, 2.75) is 70.1 Å². The number of rotatable bonds is 2. The lowest BCUT2D eigenvalue weighted by Gasteiger charge is -2.53. The molecule has 1 aliphatic carbocycles. The molecule has 0 radical (unpaired) electrons. The van der Waals surface area contributed by atoms with Gasteiger partial charge in [0, 0.05) is 30.5 Å². The molecule has 2 saturated heterocycles. The van der Waals surface area contributed by atoms with Gasteiger partial charge < -0.3 is 10.2 Å². The van der Waals surface area contributed by atoms with E-state index in [1.807, 2.05) is 0 Å². The molecule has 1 saturated carbocycles. The molecule has 22 heavy (non-hydrogen) atoms. The Morgan fingerprint density at radius 2 is 2.09 bits per heavy atom. The van der Waals surface area contributed by atoms with Gasteiger partial charge >= 0.3 is 0 Å². The zero-order chi connectivity index (χ0) is 15.3. The van der Waals surface area contributed by atoms with Crippen LogP contribution in [0.25, 0.3) is 0 Å². The number of benzene rings is 1. The van der Waals surface area contributed by atoms with Crippen molar-refractivity contribution < 1.29 is 4.79 Å². The van der Waals surface area contributed by atoms with Gasteiger partial charge in [0.2, 0.25) is 5.91 Å². The molecule has 3 nitrogen and oxygen atoms in total. The molecule has 1 aromatic rings. The summed E-state index contributed by atoms with van der Waals surface area (Å²) in [6.07, 6.45) is 5.88. The Labute approximate surface area is 133 Å². The lowest BCUT2D eigenvalue weighted by Crippen LogP contribution is -2.62. The van der Waals surface area contributed by atoms with Gasteiger partial charge in [0.15, 0.2) is 0 Å². The summed E-state index contributed by atoms with van der Waals surface area (Å²) in [7, 11) is 0. The molecule has 0 spiro atoms. The number of hydrogen-bond donors (Lipinski definition) is 1. The molecular formula is C19H26N2O. The quantitative estimate of drug-likeness (QED) is 0.910. The molecule has 3 heteroatoms. The van der Waals surface area contributed by atoms with Crippen LogP contribution >= 0.6 is 0 Å². The predicted molar refractivity (Wildman–Crippen MR) is 87.5 cm³/mol. The minimum absolute atomic E-state index is 0.256. The minimum Gasteiger partial charge on any atom is -0.334 e. The summed E-state index contributed by atoms with van der Waals surface area (Å²) in [5, 5.41) is 3.89. The fourth-order valence-corrected chi connectivity index (χ4v) is 5.43. The van der Waals surface area contributed by atoms with Crippen LogP contribution < -0.4 is 5.32 Å². The van der Waals surface area contributed by atoms with Crippen LogP contribution in [0, 0.1) is 5.41 Å². The van der Waals surface area contributed by atoms with Crippen molar-refractivity contribution in [2.75, 3.05) is 0 Å². The topological polar surface area (TPSA) is 32.3 Å². The molecule has 1 N–H and O–H groups in total. The fraction of sp³-hybridized carbons (Fsp3) is 0.632. The molecule has 2 aliphatic heterocycles. The average Bonchev–Trinajstić information content (AvgIpc) is 2.84. The van der Waals surface area contributed by atoms with E-state index in [1.165, 1.54) is 31.2 Å². The lowest BCUT2D eigenvalue weighted by molar-refractivity contribution is -0.142. The number of likely N-dealkylation sites (tertiary alicyclic amines) is 1. The summed E-state index contributed by atoms with van der Waals surface area (Å²) in [6.45, 7) is 4.17. The molecule has 1 amide bonds. The first-order valence-corrected chi connectivity index (χ1v) is 8.68. The van der Waals surface area contributed by atoms with Crippen LogP contribution in [0.4, 0.5) is 0 Å². The van der Waals surface area contributed by atoms with Crippen molar-refractivity contribution in [3.63, 3.8) is 0 Å². The molecule has 3 fully saturated rings. The third kappa shape index (κ3) is 2.02. The number of nitrogens with zero attached hydrogens (tertiary/aromatic N) is 1. The van der Waals surface area contributed by atoms with Crippen molar-refractivity contribution >= 4 is 5.91 Å². The molecule has 2 bridgehead atoms. The van der Waals surface area contributed by atoms with Crippen molar-refractivity contribution in [1.29, 1.82) is 0 Å². The highest BCUT2D eigenvalue weighted by molar-refractivity contribution is 5.74. The first-order valence-electron chi connectivity index (χ1n) is 8.68. The Bertz CT molecular complexity index is 572. The van der Waals surface area contributed by atoms with Gasteiger partial charge in [0.05, 0.1) is 6.04 Å². The lowest BCUT2D eigenvalue weighted by atomic mass is 9.64. The zero-order valence-corrected chi connectivity index (χ0v) is 13.6. The monoisotopic (exact) mass is 298 g/mol. The predicted octanol–water partition coefficient (Wildman–Crippen LogP) is 2.75. The maximum absolute atomic E-state index is 12.5. The largest absolute Gasteiger partial charge is 0.334 e. The van der Waals surface area contributed by atoms with E-state index in [9.17, 15) is 4.79 Å². The van der Waals surface area contributed by atoms with Gasteiger partial charge in [-0.1, -0.05) is 37.3 Å². The van der Waals surface area contributed by atoms with Crippen molar-refractivity contribution in [2.24, 2.45) is 5.41 Å². The summed E-state index contributed by atoms with van der Waals surface area (Å²) in [5.41, 5.74) is 1.62. The second-order valence-corrected chi connectivity index (χ2v) is 7.67. The summed E-state index contributed by atoms with van der Waals surface area (Å²) < 4.78 is 0. The van der Waals surface area contributed by atoms with Crippen LogP contribution in [0.2, 0.25) is 0 Å². The van der Waals surface area contributed by atoms with Gasteiger partial charge in [-0.2, -0.15) is 0 Å². The molecule has 4 rings (SSSR count). The SMILES string of the molecule is CC(=O)N1[C@H](Cc2ccccc2)[C@@H]2C[C@@]3(C)[C@H](CCC[C@@H]13)N2. The van der Waals surface area contributed by atoms with Crippen molar-refractivity contribution in [3.8, 4) is 0 Å². The van der Waals surface area contributed by atoms with Crippen molar-refractivity contribution in [1.82, 2.24) is 10.2 Å². The highest BCUT2D eigenvalue weighted by Crippen LogP contribution is 2.52. The number of carbonyl (C=O) groups is 1. The number of carbonyl (C=O) groups excluding carboxylic acids is 1. The summed E-state index contributed by atoms with van der Waals surface area (Å²) in [6, 6.07) is 12.4. The second kappa shape index (κ2) is 5.09.